The minimum Gasteiger partial charge on any atom is -0.341 e. The molecule has 0 saturated carbocycles. The summed E-state index contributed by atoms with van der Waals surface area (Å²) in [4.78, 5) is 26.8. The van der Waals surface area contributed by atoms with Crippen LogP contribution in [-0.2, 0) is 16.0 Å². The average Bonchev–Trinajstić information content (AvgIpc) is 3.01. The van der Waals surface area contributed by atoms with Crippen molar-refractivity contribution in [3.05, 3.63) is 5.01 Å². The minimum absolute atomic E-state index is 0.0531. The monoisotopic (exact) mass is 366 g/mol. The van der Waals surface area contributed by atoms with Crippen LogP contribution in [0.5, 0.6) is 0 Å². The van der Waals surface area contributed by atoms with Gasteiger partial charge in [-0.3, -0.25) is 9.59 Å². The van der Waals surface area contributed by atoms with E-state index < -0.39 is 5.41 Å². The van der Waals surface area contributed by atoms with Crippen LogP contribution in [0.4, 0.5) is 5.13 Å². The predicted octanol–water partition coefficient (Wildman–Crippen LogP) is 3.49. The second-order valence-corrected chi connectivity index (χ2v) is 8.85. The van der Waals surface area contributed by atoms with Crippen LogP contribution in [0.2, 0.25) is 0 Å². The fourth-order valence-corrected chi connectivity index (χ4v) is 3.77. The van der Waals surface area contributed by atoms with Gasteiger partial charge in [0.1, 0.15) is 5.01 Å². The first kappa shape index (κ1) is 19.8. The first-order valence-corrected chi connectivity index (χ1v) is 10.1. The lowest BCUT2D eigenvalue weighted by molar-refractivity contribution is -0.142. The Morgan fingerprint density at radius 3 is 2.72 bits per heavy atom. The van der Waals surface area contributed by atoms with Crippen LogP contribution in [0.25, 0.3) is 0 Å². The Kier molecular flexibility index (Phi) is 6.93. The van der Waals surface area contributed by atoms with Crippen molar-refractivity contribution in [3.8, 4) is 0 Å². The number of amides is 2. The normalized spacial score (nSPS) is 18.2. The number of likely N-dealkylation sites (tertiary alicyclic amines) is 1. The number of nitrogens with one attached hydrogen (secondary N) is 1. The Morgan fingerprint density at radius 1 is 1.28 bits per heavy atom. The van der Waals surface area contributed by atoms with Crippen LogP contribution in [0.15, 0.2) is 0 Å². The predicted molar refractivity (Wildman–Crippen MR) is 101 cm³/mol. The van der Waals surface area contributed by atoms with Crippen molar-refractivity contribution in [1.29, 1.82) is 0 Å². The van der Waals surface area contributed by atoms with Gasteiger partial charge in [-0.25, -0.2) is 0 Å². The quantitative estimate of drug-likeness (QED) is 0.782. The van der Waals surface area contributed by atoms with Gasteiger partial charge in [0, 0.05) is 24.9 Å². The molecule has 25 heavy (non-hydrogen) atoms. The topological polar surface area (TPSA) is 75.2 Å². The molecule has 6 nitrogen and oxygen atoms in total. The van der Waals surface area contributed by atoms with Gasteiger partial charge in [0.05, 0.1) is 5.92 Å². The Hall–Kier alpha value is -1.50. The molecule has 1 saturated heterocycles. The van der Waals surface area contributed by atoms with E-state index in [9.17, 15) is 9.59 Å². The maximum Gasteiger partial charge on any atom is 0.231 e. The third kappa shape index (κ3) is 5.76. The van der Waals surface area contributed by atoms with Gasteiger partial charge >= 0.3 is 0 Å². The maximum atomic E-state index is 12.5. The fourth-order valence-electron chi connectivity index (χ4n) is 2.99. The number of hydrogen-bond donors (Lipinski definition) is 1. The molecular weight excluding hydrogens is 336 g/mol. The molecule has 1 aliphatic rings. The van der Waals surface area contributed by atoms with E-state index in [0.717, 1.165) is 37.2 Å². The number of anilines is 1. The third-order valence-corrected chi connectivity index (χ3v) is 5.31. The Morgan fingerprint density at radius 2 is 2.04 bits per heavy atom. The van der Waals surface area contributed by atoms with Crippen LogP contribution >= 0.6 is 11.3 Å². The molecule has 1 N–H and O–H groups in total. The third-order valence-electron chi connectivity index (χ3n) is 4.41. The largest absolute Gasteiger partial charge is 0.341 e. The summed E-state index contributed by atoms with van der Waals surface area (Å²) < 4.78 is 0. The molecule has 2 rings (SSSR count). The number of nitrogens with zero attached hydrogens (tertiary/aromatic N) is 3. The summed E-state index contributed by atoms with van der Waals surface area (Å²) in [6, 6.07) is 0. The number of unbranched alkanes of at least 4 members (excludes halogenated alkanes) is 2. The molecule has 0 spiro atoms. The second kappa shape index (κ2) is 8.74. The van der Waals surface area contributed by atoms with E-state index in [0.29, 0.717) is 11.7 Å². The van der Waals surface area contributed by atoms with Gasteiger partial charge in [0.25, 0.3) is 0 Å². The van der Waals surface area contributed by atoms with Gasteiger partial charge in [-0.1, -0.05) is 51.9 Å². The molecule has 0 aromatic carbocycles. The molecule has 0 bridgehead atoms. The highest BCUT2D eigenvalue weighted by Gasteiger charge is 2.33. The van der Waals surface area contributed by atoms with E-state index in [1.54, 1.807) is 0 Å². The van der Waals surface area contributed by atoms with Crippen LogP contribution in [0.3, 0.4) is 0 Å². The molecule has 2 heterocycles. The van der Waals surface area contributed by atoms with Gasteiger partial charge in [0.2, 0.25) is 16.9 Å². The van der Waals surface area contributed by atoms with E-state index in [1.165, 1.54) is 24.2 Å². The minimum atomic E-state index is -0.412. The van der Waals surface area contributed by atoms with Crippen molar-refractivity contribution in [2.45, 2.75) is 66.2 Å². The summed E-state index contributed by atoms with van der Waals surface area (Å²) in [6.07, 6.45) is 6.04. The second-order valence-electron chi connectivity index (χ2n) is 7.79. The zero-order valence-electron chi connectivity index (χ0n) is 15.8. The van der Waals surface area contributed by atoms with Crippen LogP contribution in [0, 0.1) is 11.3 Å². The lowest BCUT2D eigenvalue weighted by atomic mass is 9.91. The zero-order valence-corrected chi connectivity index (χ0v) is 16.6. The molecule has 1 unspecified atom stereocenters. The number of rotatable bonds is 6. The number of aromatic nitrogens is 2. The summed E-state index contributed by atoms with van der Waals surface area (Å²) in [5, 5.41) is 12.7. The van der Waals surface area contributed by atoms with Crippen molar-refractivity contribution >= 4 is 28.3 Å². The molecule has 1 aliphatic heterocycles. The Balaban J connectivity index is 1.89. The van der Waals surface area contributed by atoms with E-state index in [4.69, 9.17) is 0 Å². The van der Waals surface area contributed by atoms with E-state index in [-0.39, 0.29) is 17.7 Å². The van der Waals surface area contributed by atoms with Crippen LogP contribution < -0.4 is 5.32 Å². The highest BCUT2D eigenvalue weighted by Crippen LogP contribution is 2.25. The molecule has 1 aromatic rings. The molecular formula is C18H30N4O2S. The van der Waals surface area contributed by atoms with E-state index in [2.05, 4.69) is 22.4 Å². The van der Waals surface area contributed by atoms with Crippen LogP contribution in [0.1, 0.15) is 64.8 Å². The summed E-state index contributed by atoms with van der Waals surface area (Å²) in [5.74, 6) is -0.116. The van der Waals surface area contributed by atoms with Crippen molar-refractivity contribution in [3.63, 3.8) is 0 Å². The lowest BCUT2D eigenvalue weighted by Crippen LogP contribution is -2.47. The first-order chi connectivity index (χ1) is 11.8. The maximum absolute atomic E-state index is 12.5. The van der Waals surface area contributed by atoms with Crippen molar-refractivity contribution in [2.24, 2.45) is 11.3 Å². The highest BCUT2D eigenvalue weighted by molar-refractivity contribution is 7.15. The molecule has 7 heteroatoms. The summed E-state index contributed by atoms with van der Waals surface area (Å²) in [6.45, 7) is 9.15. The molecule has 0 radical (unpaired) electrons. The van der Waals surface area contributed by atoms with Crippen LogP contribution in [-0.4, -0.2) is 40.0 Å². The van der Waals surface area contributed by atoms with Crippen molar-refractivity contribution in [1.82, 2.24) is 15.1 Å². The number of carbonyl (C=O) groups is 2. The Labute approximate surface area is 154 Å². The van der Waals surface area contributed by atoms with E-state index >= 15 is 0 Å². The average molecular weight is 367 g/mol. The first-order valence-electron chi connectivity index (χ1n) is 9.24. The Bertz CT molecular complexity index is 594. The molecule has 1 atom stereocenters. The fraction of sp³-hybridized carbons (Fsp3) is 0.778. The molecule has 1 aromatic heterocycles. The van der Waals surface area contributed by atoms with Gasteiger partial charge in [-0.15, -0.1) is 10.2 Å². The summed E-state index contributed by atoms with van der Waals surface area (Å²) in [7, 11) is 0. The van der Waals surface area contributed by atoms with E-state index in [1.807, 2.05) is 25.7 Å². The molecule has 140 valence electrons. The summed E-state index contributed by atoms with van der Waals surface area (Å²) in [5.41, 5.74) is -0.412. The van der Waals surface area contributed by atoms with Gasteiger partial charge in [0.15, 0.2) is 0 Å². The number of piperidine rings is 1. The van der Waals surface area contributed by atoms with Crippen molar-refractivity contribution in [2.75, 3.05) is 18.4 Å². The number of aryl methyl sites for hydroxylation is 1. The van der Waals surface area contributed by atoms with Gasteiger partial charge < -0.3 is 10.2 Å². The van der Waals surface area contributed by atoms with Gasteiger partial charge in [-0.2, -0.15) is 0 Å². The molecule has 2 amide bonds. The van der Waals surface area contributed by atoms with Crippen molar-refractivity contribution < 1.29 is 9.59 Å². The lowest BCUT2D eigenvalue weighted by Gasteiger charge is -2.35. The standard InChI is InChI=1S/C18H30N4O2S/c1-5-6-7-10-14-20-21-17(25-14)19-15(23)13-9-8-11-22(12-13)16(24)18(2,3)4/h13H,5-12H2,1-4H3,(H,19,21,23). The number of carbonyl (C=O) groups excluding carboxylic acids is 2. The smallest absolute Gasteiger partial charge is 0.231 e. The summed E-state index contributed by atoms with van der Waals surface area (Å²) >= 11 is 1.45. The zero-order chi connectivity index (χ0) is 18.4. The molecule has 0 aliphatic carbocycles. The molecule has 1 fully saturated rings. The highest BCUT2D eigenvalue weighted by atomic mass is 32.1. The number of hydrogen-bond acceptors (Lipinski definition) is 5. The SMILES string of the molecule is CCCCCc1nnc(NC(=O)C2CCCN(C(=O)C(C)(C)C)C2)s1. The van der Waals surface area contributed by atoms with Gasteiger partial charge in [-0.05, 0) is 19.3 Å².